The molecule has 104 valence electrons. The zero-order valence-electron chi connectivity index (χ0n) is 10.5. The van der Waals surface area contributed by atoms with E-state index < -0.39 is 9.84 Å². The molecule has 5 nitrogen and oxygen atoms in total. The molecule has 0 aliphatic heterocycles. The second-order valence-corrected chi connectivity index (χ2v) is 6.95. The monoisotopic (exact) mass is 354 g/mol. The van der Waals surface area contributed by atoms with Gasteiger partial charge < -0.3 is 5.32 Å². The minimum Gasteiger partial charge on any atom is -0.322 e. The molecule has 0 unspecified atom stereocenters. The largest absolute Gasteiger partial charge is 0.322 e. The Labute approximate surface area is 125 Å². The van der Waals surface area contributed by atoms with Gasteiger partial charge in [0.05, 0.1) is 10.5 Å². The molecule has 0 aliphatic rings. The molecule has 1 aromatic heterocycles. The molecule has 0 atom stereocenters. The van der Waals surface area contributed by atoms with Crippen LogP contribution in [0.25, 0.3) is 0 Å². The van der Waals surface area contributed by atoms with E-state index in [2.05, 4.69) is 26.2 Å². The maximum absolute atomic E-state index is 12.0. The van der Waals surface area contributed by atoms with Crippen LogP contribution in [0.1, 0.15) is 10.4 Å². The van der Waals surface area contributed by atoms with Gasteiger partial charge in [0.25, 0.3) is 5.91 Å². The van der Waals surface area contributed by atoms with Gasteiger partial charge in [0, 0.05) is 18.1 Å². The van der Waals surface area contributed by atoms with Gasteiger partial charge in [-0.05, 0) is 46.3 Å². The molecule has 1 heterocycles. The predicted molar refractivity (Wildman–Crippen MR) is 79.4 cm³/mol. The van der Waals surface area contributed by atoms with E-state index in [-0.39, 0.29) is 10.8 Å². The molecule has 0 bridgehead atoms. The number of benzene rings is 1. The second-order valence-electron chi connectivity index (χ2n) is 4.12. The van der Waals surface area contributed by atoms with E-state index in [1.807, 2.05) is 0 Å². The molecule has 1 aromatic carbocycles. The quantitative estimate of drug-likeness (QED) is 0.859. The van der Waals surface area contributed by atoms with Gasteiger partial charge in [0.15, 0.2) is 9.84 Å². The third kappa shape index (κ3) is 3.64. The van der Waals surface area contributed by atoms with E-state index >= 15 is 0 Å². The number of amides is 1. The normalized spacial score (nSPS) is 11.1. The predicted octanol–water partition coefficient (Wildman–Crippen LogP) is 2.50. The van der Waals surface area contributed by atoms with Crippen molar-refractivity contribution in [3.8, 4) is 0 Å². The highest BCUT2D eigenvalue weighted by molar-refractivity contribution is 9.10. The van der Waals surface area contributed by atoms with Crippen LogP contribution in [0.3, 0.4) is 0 Å². The van der Waals surface area contributed by atoms with Crippen LogP contribution in [0.4, 0.5) is 5.69 Å². The Balaban J connectivity index is 2.22. The summed E-state index contributed by atoms with van der Waals surface area (Å²) in [6.07, 6.45) is 2.55. The average Bonchev–Trinajstić information content (AvgIpc) is 2.38. The first-order valence-electron chi connectivity index (χ1n) is 5.59. The lowest BCUT2D eigenvalue weighted by molar-refractivity contribution is 0.102. The number of halogens is 1. The van der Waals surface area contributed by atoms with Crippen molar-refractivity contribution < 1.29 is 13.2 Å². The van der Waals surface area contributed by atoms with Crippen LogP contribution in [-0.2, 0) is 9.84 Å². The summed E-state index contributed by atoms with van der Waals surface area (Å²) in [4.78, 5) is 16.1. The first kappa shape index (κ1) is 14.7. The Kier molecular flexibility index (Phi) is 4.20. The molecule has 0 fully saturated rings. The maximum Gasteiger partial charge on any atom is 0.257 e. The van der Waals surface area contributed by atoms with Gasteiger partial charge in [-0.2, -0.15) is 0 Å². The number of rotatable bonds is 3. The average molecular weight is 355 g/mol. The molecule has 2 rings (SSSR count). The van der Waals surface area contributed by atoms with Crippen molar-refractivity contribution in [3.63, 3.8) is 0 Å². The number of hydrogen-bond donors (Lipinski definition) is 1. The van der Waals surface area contributed by atoms with Crippen LogP contribution in [-0.4, -0.2) is 25.6 Å². The van der Waals surface area contributed by atoms with Crippen molar-refractivity contribution in [2.45, 2.75) is 4.90 Å². The summed E-state index contributed by atoms with van der Waals surface area (Å²) in [6, 6.07) is 9.37. The fourth-order valence-electron chi connectivity index (χ4n) is 1.52. The molecule has 7 heteroatoms. The second kappa shape index (κ2) is 5.72. The van der Waals surface area contributed by atoms with Gasteiger partial charge in [0.1, 0.15) is 4.60 Å². The van der Waals surface area contributed by atoms with Crippen LogP contribution in [0.5, 0.6) is 0 Å². The standard InChI is InChI=1S/C13H11BrN2O3S/c1-20(18,19)11-4-2-3-10(7-11)16-13(17)9-5-6-12(14)15-8-9/h2-8H,1H3,(H,16,17). The Bertz CT molecular complexity index is 742. The van der Waals surface area contributed by atoms with E-state index in [9.17, 15) is 13.2 Å². The minimum atomic E-state index is -3.30. The number of carbonyl (C=O) groups is 1. The number of nitrogens with one attached hydrogen (secondary N) is 1. The number of sulfone groups is 1. The number of nitrogens with zero attached hydrogens (tertiary/aromatic N) is 1. The van der Waals surface area contributed by atoms with Crippen molar-refractivity contribution in [2.24, 2.45) is 0 Å². The van der Waals surface area contributed by atoms with Gasteiger partial charge >= 0.3 is 0 Å². The first-order valence-corrected chi connectivity index (χ1v) is 8.28. The summed E-state index contributed by atoms with van der Waals surface area (Å²) in [6.45, 7) is 0. The van der Waals surface area contributed by atoms with Gasteiger partial charge in [-0.15, -0.1) is 0 Å². The SMILES string of the molecule is CS(=O)(=O)c1cccc(NC(=O)c2ccc(Br)nc2)c1. The van der Waals surface area contributed by atoms with Gasteiger partial charge in [-0.3, -0.25) is 4.79 Å². The maximum atomic E-state index is 12.0. The summed E-state index contributed by atoms with van der Waals surface area (Å²) in [7, 11) is -3.30. The highest BCUT2D eigenvalue weighted by atomic mass is 79.9. The zero-order chi connectivity index (χ0) is 14.8. The number of carbonyl (C=O) groups excluding carboxylic acids is 1. The van der Waals surface area contributed by atoms with Gasteiger partial charge in [-0.1, -0.05) is 6.07 Å². The molecule has 20 heavy (non-hydrogen) atoms. The number of pyridine rings is 1. The molecule has 1 amide bonds. The van der Waals surface area contributed by atoms with Crippen molar-refractivity contribution >= 4 is 37.4 Å². The van der Waals surface area contributed by atoms with E-state index in [1.165, 1.54) is 18.3 Å². The zero-order valence-corrected chi connectivity index (χ0v) is 12.9. The Morgan fingerprint density at radius 2 is 2.00 bits per heavy atom. The van der Waals surface area contributed by atoms with Crippen LogP contribution in [0.2, 0.25) is 0 Å². The lowest BCUT2D eigenvalue weighted by atomic mass is 10.2. The van der Waals surface area contributed by atoms with Crippen LogP contribution >= 0.6 is 15.9 Å². The molecule has 0 saturated heterocycles. The fourth-order valence-corrected chi connectivity index (χ4v) is 2.42. The van der Waals surface area contributed by atoms with Gasteiger partial charge in [-0.25, -0.2) is 13.4 Å². The molecular weight excluding hydrogens is 344 g/mol. The Hall–Kier alpha value is -1.73. The lowest BCUT2D eigenvalue weighted by Crippen LogP contribution is -2.12. The lowest BCUT2D eigenvalue weighted by Gasteiger charge is -2.06. The number of hydrogen-bond acceptors (Lipinski definition) is 4. The fraction of sp³-hybridized carbons (Fsp3) is 0.0769. The molecule has 2 aromatic rings. The highest BCUT2D eigenvalue weighted by Crippen LogP contribution is 2.16. The summed E-state index contributed by atoms with van der Waals surface area (Å²) >= 11 is 3.18. The number of aromatic nitrogens is 1. The summed E-state index contributed by atoms with van der Waals surface area (Å²) in [5.74, 6) is -0.351. The topological polar surface area (TPSA) is 76.1 Å². The van der Waals surface area contributed by atoms with Crippen molar-refractivity contribution in [2.75, 3.05) is 11.6 Å². The van der Waals surface area contributed by atoms with Crippen LogP contribution < -0.4 is 5.32 Å². The summed E-state index contributed by atoms with van der Waals surface area (Å²) in [5.41, 5.74) is 0.804. The molecular formula is C13H11BrN2O3S. The van der Waals surface area contributed by atoms with E-state index in [0.29, 0.717) is 15.9 Å². The Morgan fingerprint density at radius 3 is 2.60 bits per heavy atom. The summed E-state index contributed by atoms with van der Waals surface area (Å²) in [5, 5.41) is 2.63. The smallest absolute Gasteiger partial charge is 0.257 e. The van der Waals surface area contributed by atoms with Crippen molar-refractivity contribution in [1.29, 1.82) is 0 Å². The molecule has 0 saturated carbocycles. The van der Waals surface area contributed by atoms with Crippen LogP contribution in [0.15, 0.2) is 52.1 Å². The third-order valence-corrected chi connectivity index (χ3v) is 4.09. The highest BCUT2D eigenvalue weighted by Gasteiger charge is 2.10. The minimum absolute atomic E-state index is 0.157. The Morgan fingerprint density at radius 1 is 1.25 bits per heavy atom. The van der Waals surface area contributed by atoms with Crippen LogP contribution in [0, 0.1) is 0 Å². The van der Waals surface area contributed by atoms with E-state index in [0.717, 1.165) is 6.26 Å². The molecule has 0 spiro atoms. The number of anilines is 1. The van der Waals surface area contributed by atoms with Crippen molar-refractivity contribution in [1.82, 2.24) is 4.98 Å². The molecule has 1 N–H and O–H groups in total. The first-order chi connectivity index (χ1) is 9.36. The summed E-state index contributed by atoms with van der Waals surface area (Å²) < 4.78 is 23.5. The van der Waals surface area contributed by atoms with E-state index in [1.54, 1.807) is 24.3 Å². The van der Waals surface area contributed by atoms with Gasteiger partial charge in [0.2, 0.25) is 0 Å². The molecule has 0 radical (unpaired) electrons. The third-order valence-electron chi connectivity index (χ3n) is 2.51. The van der Waals surface area contributed by atoms with Crippen molar-refractivity contribution in [3.05, 3.63) is 52.8 Å². The van der Waals surface area contributed by atoms with E-state index in [4.69, 9.17) is 0 Å². The molecule has 0 aliphatic carbocycles.